The number of aromatic nitrogens is 2. The summed E-state index contributed by atoms with van der Waals surface area (Å²) in [6, 6.07) is 0. The molecule has 0 spiro atoms. The zero-order valence-electron chi connectivity index (χ0n) is 11.8. The lowest BCUT2D eigenvalue weighted by molar-refractivity contribution is -0.151. The van der Waals surface area contributed by atoms with E-state index in [1.54, 1.807) is 26.4 Å². The minimum atomic E-state index is -0.843. The Kier molecular flexibility index (Phi) is 4.16. The number of carboxylic acid groups (broad SMARTS) is 1. The van der Waals surface area contributed by atoms with Gasteiger partial charge in [0.2, 0.25) is 0 Å². The number of aliphatic carboxylic acids is 1. The number of imidazole rings is 1. The number of rotatable bonds is 6. The normalized spacial score (nSPS) is 12.7. The summed E-state index contributed by atoms with van der Waals surface area (Å²) < 4.78 is 2.04. The fourth-order valence-electron chi connectivity index (χ4n) is 1.58. The number of hydrogen-bond acceptors (Lipinski definition) is 3. The van der Waals surface area contributed by atoms with Gasteiger partial charge in [0.25, 0.3) is 0 Å². The second-order valence-corrected chi connectivity index (χ2v) is 5.58. The van der Waals surface area contributed by atoms with E-state index < -0.39 is 16.9 Å². The number of hydrogen-bond donors (Lipinski definition) is 2. The van der Waals surface area contributed by atoms with Crippen molar-refractivity contribution < 1.29 is 9.90 Å². The molecular formula is C13H23N3O2. The number of carbonyl (C=O) groups is 1. The lowest BCUT2D eigenvalue weighted by atomic mass is 9.74. The molecule has 0 aromatic carbocycles. The molecule has 5 nitrogen and oxygen atoms in total. The Balaban J connectivity index is 2.76. The number of carboxylic acids is 1. The Labute approximate surface area is 108 Å². The van der Waals surface area contributed by atoms with Gasteiger partial charge in [0.15, 0.2) is 0 Å². The van der Waals surface area contributed by atoms with Crippen molar-refractivity contribution in [2.75, 3.05) is 0 Å². The lowest BCUT2D eigenvalue weighted by Gasteiger charge is -2.39. The maximum absolute atomic E-state index is 11.3. The summed E-state index contributed by atoms with van der Waals surface area (Å²) >= 11 is 0. The quantitative estimate of drug-likeness (QED) is 0.812. The first-order valence-corrected chi connectivity index (χ1v) is 6.20. The van der Waals surface area contributed by atoms with Crippen molar-refractivity contribution in [1.29, 1.82) is 0 Å². The topological polar surface area (TPSA) is 67.2 Å². The van der Waals surface area contributed by atoms with Gasteiger partial charge in [0.05, 0.1) is 17.4 Å². The van der Waals surface area contributed by atoms with Crippen LogP contribution in [0.25, 0.3) is 0 Å². The molecule has 0 amide bonds. The second kappa shape index (κ2) is 5.10. The van der Waals surface area contributed by atoms with Gasteiger partial charge in [-0.15, -0.1) is 0 Å². The largest absolute Gasteiger partial charge is 0.481 e. The molecule has 0 saturated heterocycles. The Hall–Kier alpha value is -1.36. The number of nitrogens with one attached hydrogen (secondary N) is 1. The van der Waals surface area contributed by atoms with Gasteiger partial charge in [-0.05, 0) is 34.6 Å². The summed E-state index contributed by atoms with van der Waals surface area (Å²) in [4.78, 5) is 15.4. The molecule has 102 valence electrons. The third-order valence-electron chi connectivity index (χ3n) is 3.95. The van der Waals surface area contributed by atoms with Crippen molar-refractivity contribution >= 4 is 5.97 Å². The smallest absolute Gasteiger partial charge is 0.310 e. The van der Waals surface area contributed by atoms with Crippen LogP contribution in [0.15, 0.2) is 12.5 Å². The fraction of sp³-hybridized carbons (Fsp3) is 0.692. The Morgan fingerprint density at radius 3 is 2.56 bits per heavy atom. The van der Waals surface area contributed by atoms with Crippen LogP contribution in [0.4, 0.5) is 0 Å². The Morgan fingerprint density at radius 1 is 1.44 bits per heavy atom. The van der Waals surface area contributed by atoms with E-state index in [9.17, 15) is 9.90 Å². The highest BCUT2D eigenvalue weighted by atomic mass is 16.4. The van der Waals surface area contributed by atoms with Gasteiger partial charge in [0.1, 0.15) is 0 Å². The number of aryl methyl sites for hydroxylation is 1. The Bertz CT molecular complexity index is 422. The molecule has 1 aromatic rings. The molecule has 0 atom stereocenters. The van der Waals surface area contributed by atoms with Gasteiger partial charge in [-0.1, -0.05) is 0 Å². The third-order valence-corrected chi connectivity index (χ3v) is 3.95. The highest BCUT2D eigenvalue weighted by Gasteiger charge is 2.43. The van der Waals surface area contributed by atoms with Gasteiger partial charge >= 0.3 is 5.97 Å². The van der Waals surface area contributed by atoms with E-state index in [0.29, 0.717) is 6.54 Å². The van der Waals surface area contributed by atoms with E-state index in [-0.39, 0.29) is 0 Å². The van der Waals surface area contributed by atoms with Crippen LogP contribution in [-0.2, 0) is 17.9 Å². The SMILES string of the molecule is CCn1cncc1CNC(C)(C)C(C)(C)C(=O)O. The van der Waals surface area contributed by atoms with Crippen molar-refractivity contribution in [3.8, 4) is 0 Å². The molecule has 1 heterocycles. The van der Waals surface area contributed by atoms with E-state index in [2.05, 4.69) is 17.2 Å². The molecule has 0 aliphatic carbocycles. The molecular weight excluding hydrogens is 230 g/mol. The summed E-state index contributed by atoms with van der Waals surface area (Å²) in [5.41, 5.74) is -0.294. The Morgan fingerprint density at radius 2 is 2.06 bits per heavy atom. The van der Waals surface area contributed by atoms with Crippen molar-refractivity contribution in [2.24, 2.45) is 5.41 Å². The molecule has 0 bridgehead atoms. The molecule has 0 fully saturated rings. The summed E-state index contributed by atoms with van der Waals surface area (Å²) in [6.07, 6.45) is 3.59. The van der Waals surface area contributed by atoms with Gasteiger partial charge < -0.3 is 15.0 Å². The monoisotopic (exact) mass is 253 g/mol. The second-order valence-electron chi connectivity index (χ2n) is 5.58. The average Bonchev–Trinajstić information content (AvgIpc) is 2.73. The van der Waals surface area contributed by atoms with Crippen LogP contribution >= 0.6 is 0 Å². The van der Waals surface area contributed by atoms with Crippen LogP contribution in [-0.4, -0.2) is 26.2 Å². The maximum Gasteiger partial charge on any atom is 0.310 e. The van der Waals surface area contributed by atoms with Crippen molar-refractivity contribution in [3.63, 3.8) is 0 Å². The van der Waals surface area contributed by atoms with Crippen LogP contribution in [0.1, 0.15) is 40.3 Å². The van der Waals surface area contributed by atoms with Gasteiger partial charge in [0, 0.05) is 24.8 Å². The molecule has 0 aliphatic heterocycles. The third kappa shape index (κ3) is 2.72. The predicted molar refractivity (Wildman–Crippen MR) is 70.2 cm³/mol. The van der Waals surface area contributed by atoms with Gasteiger partial charge in [-0.25, -0.2) is 4.98 Å². The summed E-state index contributed by atoms with van der Waals surface area (Å²) in [5, 5.41) is 12.6. The van der Waals surface area contributed by atoms with Crippen LogP contribution in [0.5, 0.6) is 0 Å². The first-order chi connectivity index (χ1) is 8.22. The van der Waals surface area contributed by atoms with E-state index in [4.69, 9.17) is 0 Å². The average molecular weight is 253 g/mol. The maximum atomic E-state index is 11.3. The molecule has 0 saturated carbocycles. The van der Waals surface area contributed by atoms with Crippen molar-refractivity contribution in [3.05, 3.63) is 18.2 Å². The summed E-state index contributed by atoms with van der Waals surface area (Å²) in [5.74, 6) is -0.802. The molecule has 1 aromatic heterocycles. The van der Waals surface area contributed by atoms with Crippen LogP contribution in [0.2, 0.25) is 0 Å². The number of nitrogens with zero attached hydrogens (tertiary/aromatic N) is 2. The minimum absolute atomic E-state index is 0.512. The van der Waals surface area contributed by atoms with Crippen molar-refractivity contribution in [1.82, 2.24) is 14.9 Å². The molecule has 0 aliphatic rings. The molecule has 2 N–H and O–H groups in total. The summed E-state index contributed by atoms with van der Waals surface area (Å²) in [7, 11) is 0. The van der Waals surface area contributed by atoms with Crippen LogP contribution < -0.4 is 5.32 Å². The van der Waals surface area contributed by atoms with Crippen molar-refractivity contribution in [2.45, 2.75) is 53.2 Å². The zero-order valence-corrected chi connectivity index (χ0v) is 11.8. The van der Waals surface area contributed by atoms with E-state index in [0.717, 1.165) is 12.2 Å². The van der Waals surface area contributed by atoms with Crippen LogP contribution in [0.3, 0.4) is 0 Å². The molecule has 0 unspecified atom stereocenters. The van der Waals surface area contributed by atoms with Gasteiger partial charge in [-0.2, -0.15) is 0 Å². The van der Waals surface area contributed by atoms with E-state index in [1.165, 1.54) is 0 Å². The lowest BCUT2D eigenvalue weighted by Crippen LogP contribution is -2.54. The predicted octanol–water partition coefficient (Wildman–Crippen LogP) is 1.88. The van der Waals surface area contributed by atoms with E-state index in [1.807, 2.05) is 18.4 Å². The highest BCUT2D eigenvalue weighted by molar-refractivity contribution is 5.75. The molecule has 5 heteroatoms. The highest BCUT2D eigenvalue weighted by Crippen LogP contribution is 2.30. The molecule has 18 heavy (non-hydrogen) atoms. The van der Waals surface area contributed by atoms with Crippen LogP contribution in [0, 0.1) is 5.41 Å². The summed E-state index contributed by atoms with van der Waals surface area (Å²) in [6.45, 7) is 10.8. The molecule has 0 radical (unpaired) electrons. The fourth-order valence-corrected chi connectivity index (χ4v) is 1.58. The standard InChI is InChI=1S/C13H23N3O2/c1-6-16-9-14-7-10(16)8-15-13(4,5)12(2,3)11(17)18/h7,9,15H,6,8H2,1-5H3,(H,17,18). The van der Waals surface area contributed by atoms with Gasteiger partial charge in [-0.3, -0.25) is 4.79 Å². The first kappa shape index (κ1) is 14.7. The minimum Gasteiger partial charge on any atom is -0.481 e. The first-order valence-electron chi connectivity index (χ1n) is 6.20. The molecule has 1 rings (SSSR count). The van der Waals surface area contributed by atoms with E-state index >= 15 is 0 Å². The zero-order chi connectivity index (χ0) is 14.0.